The molecule has 2 amide bonds. The number of piperidine rings is 1. The molecule has 1 aliphatic heterocycles. The summed E-state index contributed by atoms with van der Waals surface area (Å²) in [5, 5.41) is 2.19. The molecular weight excluding hydrogens is 247 g/mol. The zero-order valence-electron chi connectivity index (χ0n) is 8.87. The predicted molar refractivity (Wildman–Crippen MR) is 58.9 cm³/mol. The molecule has 0 bridgehead atoms. The standard InChI is InChI=1S/C11H10ClFN2O2/c12-5-6-1-2-7(10(13)14-6)8-3-4-9(16)15-11(8)17/h1-2,8H,3-5H2,(H,15,16,17). The maximum absolute atomic E-state index is 13.7. The van der Waals surface area contributed by atoms with Gasteiger partial charge in [-0.1, -0.05) is 6.07 Å². The van der Waals surface area contributed by atoms with Crippen molar-refractivity contribution in [3.05, 3.63) is 29.3 Å². The van der Waals surface area contributed by atoms with Gasteiger partial charge in [0.15, 0.2) is 0 Å². The fourth-order valence-electron chi connectivity index (χ4n) is 1.81. The Morgan fingerprint density at radius 2 is 2.24 bits per heavy atom. The third-order valence-electron chi connectivity index (χ3n) is 2.69. The Kier molecular flexibility index (Phi) is 3.38. The second-order valence-corrected chi connectivity index (χ2v) is 4.09. The molecule has 1 aromatic rings. The van der Waals surface area contributed by atoms with E-state index in [-0.39, 0.29) is 23.8 Å². The summed E-state index contributed by atoms with van der Waals surface area (Å²) in [7, 11) is 0. The summed E-state index contributed by atoms with van der Waals surface area (Å²) >= 11 is 5.53. The fourth-order valence-corrected chi connectivity index (χ4v) is 1.96. The van der Waals surface area contributed by atoms with Gasteiger partial charge in [0, 0.05) is 12.0 Å². The lowest BCUT2D eigenvalue weighted by Gasteiger charge is -2.21. The van der Waals surface area contributed by atoms with Crippen LogP contribution >= 0.6 is 11.6 Å². The summed E-state index contributed by atoms with van der Waals surface area (Å²) < 4.78 is 13.7. The summed E-state index contributed by atoms with van der Waals surface area (Å²) in [6, 6.07) is 3.08. The predicted octanol–water partition coefficient (Wildman–Crippen LogP) is 1.48. The van der Waals surface area contributed by atoms with E-state index >= 15 is 0 Å². The number of imide groups is 1. The van der Waals surface area contributed by atoms with Crippen molar-refractivity contribution in [3.63, 3.8) is 0 Å². The average molecular weight is 257 g/mol. The van der Waals surface area contributed by atoms with Crippen molar-refractivity contribution < 1.29 is 14.0 Å². The summed E-state index contributed by atoms with van der Waals surface area (Å²) in [6.07, 6.45) is 0.524. The monoisotopic (exact) mass is 256 g/mol. The zero-order chi connectivity index (χ0) is 12.4. The van der Waals surface area contributed by atoms with Crippen LogP contribution in [0, 0.1) is 5.95 Å². The van der Waals surface area contributed by atoms with Gasteiger partial charge in [-0.2, -0.15) is 4.39 Å². The molecule has 1 saturated heterocycles. The normalized spacial score (nSPS) is 20.2. The highest BCUT2D eigenvalue weighted by Gasteiger charge is 2.30. The van der Waals surface area contributed by atoms with Crippen molar-refractivity contribution in [1.29, 1.82) is 0 Å². The molecule has 2 rings (SSSR count). The van der Waals surface area contributed by atoms with E-state index in [1.165, 1.54) is 6.07 Å². The number of amides is 2. The minimum absolute atomic E-state index is 0.118. The minimum Gasteiger partial charge on any atom is -0.296 e. The van der Waals surface area contributed by atoms with Crippen LogP contribution in [0.25, 0.3) is 0 Å². The molecule has 4 nitrogen and oxygen atoms in total. The largest absolute Gasteiger partial charge is 0.296 e. The van der Waals surface area contributed by atoms with E-state index in [0.717, 1.165) is 0 Å². The Bertz CT molecular complexity index is 479. The van der Waals surface area contributed by atoms with Crippen LogP contribution < -0.4 is 5.32 Å². The molecule has 1 aliphatic rings. The molecule has 6 heteroatoms. The van der Waals surface area contributed by atoms with Gasteiger partial charge in [-0.3, -0.25) is 14.9 Å². The highest BCUT2D eigenvalue weighted by molar-refractivity contribution is 6.16. The van der Waals surface area contributed by atoms with Crippen molar-refractivity contribution in [3.8, 4) is 0 Å². The van der Waals surface area contributed by atoms with E-state index in [1.54, 1.807) is 6.07 Å². The summed E-state index contributed by atoms with van der Waals surface area (Å²) in [5.74, 6) is -2.02. The summed E-state index contributed by atoms with van der Waals surface area (Å²) in [5.41, 5.74) is 0.629. The van der Waals surface area contributed by atoms with Crippen molar-refractivity contribution >= 4 is 23.4 Å². The number of carbonyl (C=O) groups is 2. The fraction of sp³-hybridized carbons (Fsp3) is 0.364. The molecule has 0 aliphatic carbocycles. The van der Waals surface area contributed by atoms with Crippen LogP contribution in [-0.4, -0.2) is 16.8 Å². The topological polar surface area (TPSA) is 59.1 Å². The summed E-state index contributed by atoms with van der Waals surface area (Å²) in [4.78, 5) is 26.2. The highest BCUT2D eigenvalue weighted by atomic mass is 35.5. The van der Waals surface area contributed by atoms with Gasteiger partial charge < -0.3 is 0 Å². The van der Waals surface area contributed by atoms with Crippen LogP contribution in [0.1, 0.15) is 30.0 Å². The molecule has 1 atom stereocenters. The van der Waals surface area contributed by atoms with E-state index in [0.29, 0.717) is 12.1 Å². The lowest BCUT2D eigenvalue weighted by atomic mass is 9.91. The first-order chi connectivity index (χ1) is 8.11. The molecule has 0 saturated carbocycles. The van der Waals surface area contributed by atoms with Crippen molar-refractivity contribution in [1.82, 2.24) is 10.3 Å². The molecule has 1 unspecified atom stereocenters. The van der Waals surface area contributed by atoms with Gasteiger partial charge in [-0.15, -0.1) is 11.6 Å². The van der Waals surface area contributed by atoms with Gasteiger partial charge in [0.2, 0.25) is 17.8 Å². The number of nitrogens with one attached hydrogen (secondary N) is 1. The molecule has 0 radical (unpaired) electrons. The van der Waals surface area contributed by atoms with E-state index < -0.39 is 17.8 Å². The van der Waals surface area contributed by atoms with Crippen LogP contribution in [0.15, 0.2) is 12.1 Å². The van der Waals surface area contributed by atoms with Crippen molar-refractivity contribution in [2.45, 2.75) is 24.6 Å². The Morgan fingerprint density at radius 1 is 1.47 bits per heavy atom. The lowest BCUT2D eigenvalue weighted by Crippen LogP contribution is -2.39. The number of aromatic nitrogens is 1. The zero-order valence-corrected chi connectivity index (χ0v) is 9.63. The molecule has 2 heterocycles. The van der Waals surface area contributed by atoms with E-state index in [2.05, 4.69) is 10.3 Å². The number of pyridine rings is 1. The van der Waals surface area contributed by atoms with Gasteiger partial charge in [0.25, 0.3) is 0 Å². The average Bonchev–Trinajstić information content (AvgIpc) is 2.30. The first kappa shape index (κ1) is 12.0. The SMILES string of the molecule is O=C1CCC(c2ccc(CCl)nc2F)C(=O)N1. The van der Waals surface area contributed by atoms with Gasteiger partial charge in [0.05, 0.1) is 17.5 Å². The molecule has 1 fully saturated rings. The Morgan fingerprint density at radius 3 is 2.82 bits per heavy atom. The Balaban J connectivity index is 2.28. The number of hydrogen-bond donors (Lipinski definition) is 1. The van der Waals surface area contributed by atoms with Crippen LogP contribution in [0.4, 0.5) is 4.39 Å². The quantitative estimate of drug-likeness (QED) is 0.495. The number of halogens is 2. The van der Waals surface area contributed by atoms with Gasteiger partial charge in [-0.25, -0.2) is 4.98 Å². The second-order valence-electron chi connectivity index (χ2n) is 3.82. The van der Waals surface area contributed by atoms with Crippen LogP contribution in [0.5, 0.6) is 0 Å². The second kappa shape index (κ2) is 4.79. The number of alkyl halides is 1. The smallest absolute Gasteiger partial charge is 0.234 e. The van der Waals surface area contributed by atoms with Crippen molar-refractivity contribution in [2.24, 2.45) is 0 Å². The van der Waals surface area contributed by atoms with Crippen LogP contribution in [-0.2, 0) is 15.5 Å². The third-order valence-corrected chi connectivity index (χ3v) is 2.96. The maximum Gasteiger partial charge on any atom is 0.234 e. The van der Waals surface area contributed by atoms with Gasteiger partial charge in [0.1, 0.15) is 0 Å². The first-order valence-corrected chi connectivity index (χ1v) is 5.70. The van der Waals surface area contributed by atoms with Crippen LogP contribution in [0.3, 0.4) is 0 Å². The molecular formula is C11H10ClFN2O2. The molecule has 1 aromatic heterocycles. The molecule has 90 valence electrons. The number of nitrogens with zero attached hydrogens (tertiary/aromatic N) is 1. The maximum atomic E-state index is 13.7. The Labute approximate surface area is 102 Å². The van der Waals surface area contributed by atoms with E-state index in [9.17, 15) is 14.0 Å². The minimum atomic E-state index is -0.697. The number of carbonyl (C=O) groups excluding carboxylic acids is 2. The highest BCUT2D eigenvalue weighted by Crippen LogP contribution is 2.26. The first-order valence-electron chi connectivity index (χ1n) is 5.17. The molecule has 0 aromatic carbocycles. The summed E-state index contributed by atoms with van der Waals surface area (Å²) in [6.45, 7) is 0. The number of rotatable bonds is 2. The molecule has 17 heavy (non-hydrogen) atoms. The Hall–Kier alpha value is -1.49. The van der Waals surface area contributed by atoms with Gasteiger partial charge >= 0.3 is 0 Å². The van der Waals surface area contributed by atoms with Crippen molar-refractivity contribution in [2.75, 3.05) is 0 Å². The third kappa shape index (κ3) is 2.44. The lowest BCUT2D eigenvalue weighted by molar-refractivity contribution is -0.134. The molecule has 0 spiro atoms. The number of hydrogen-bond acceptors (Lipinski definition) is 3. The van der Waals surface area contributed by atoms with Gasteiger partial charge in [-0.05, 0) is 12.5 Å². The van der Waals surface area contributed by atoms with E-state index in [1.807, 2.05) is 0 Å². The van der Waals surface area contributed by atoms with E-state index in [4.69, 9.17) is 11.6 Å². The molecule has 1 N–H and O–H groups in total. The van der Waals surface area contributed by atoms with Crippen LogP contribution in [0.2, 0.25) is 0 Å².